The second-order valence-corrected chi connectivity index (χ2v) is 4.50. The minimum Gasteiger partial charge on any atom is -0.466 e. The van der Waals surface area contributed by atoms with E-state index in [0.717, 1.165) is 0 Å². The van der Waals surface area contributed by atoms with Gasteiger partial charge < -0.3 is 8.83 Å². The number of aryl methyl sites for hydroxylation is 2. The molecule has 3 aromatic heterocycles. The molecule has 22 heavy (non-hydrogen) atoms. The number of furan rings is 1. The summed E-state index contributed by atoms with van der Waals surface area (Å²) < 4.78 is 10.7. The molecule has 3 heterocycles. The van der Waals surface area contributed by atoms with Crippen LogP contribution in [0.1, 0.15) is 22.0 Å². The average Bonchev–Trinajstić information content (AvgIpc) is 3.06. The van der Waals surface area contributed by atoms with Gasteiger partial charge in [-0.25, -0.2) is 5.10 Å². The van der Waals surface area contributed by atoms with Gasteiger partial charge >= 0.3 is 6.01 Å². The van der Waals surface area contributed by atoms with Crippen molar-refractivity contribution in [1.82, 2.24) is 20.4 Å². The Balaban J connectivity index is 1.79. The molecule has 9 heteroatoms. The Hall–Kier alpha value is -3.23. The van der Waals surface area contributed by atoms with Crippen LogP contribution < -0.4 is 10.9 Å². The van der Waals surface area contributed by atoms with Gasteiger partial charge in [0.25, 0.3) is 17.4 Å². The molecule has 2 N–H and O–H groups in total. The van der Waals surface area contributed by atoms with E-state index in [-0.39, 0.29) is 17.6 Å². The summed E-state index contributed by atoms with van der Waals surface area (Å²) in [4.78, 5) is 22.8. The number of H-pyrrole nitrogens is 1. The maximum atomic E-state index is 11.9. The van der Waals surface area contributed by atoms with Crippen LogP contribution >= 0.6 is 0 Å². The third-order valence-corrected chi connectivity index (χ3v) is 2.83. The monoisotopic (exact) mass is 301 g/mol. The molecular weight excluding hydrogens is 290 g/mol. The van der Waals surface area contributed by atoms with Crippen molar-refractivity contribution in [2.45, 2.75) is 13.8 Å². The molecule has 0 saturated carbocycles. The number of anilines is 1. The normalized spacial score (nSPS) is 10.6. The van der Waals surface area contributed by atoms with Crippen molar-refractivity contribution in [3.63, 3.8) is 0 Å². The Morgan fingerprint density at radius 2 is 2.05 bits per heavy atom. The molecule has 0 bridgehead atoms. The van der Waals surface area contributed by atoms with Crippen molar-refractivity contribution in [2.24, 2.45) is 0 Å². The number of amides is 1. The molecule has 0 atom stereocenters. The molecule has 0 saturated heterocycles. The standard InChI is InChI=1S/C13H11N5O4/c1-6-5-8(7(2)21-6)12-17-18-13(22-12)14-11(20)9-3-4-10(19)16-15-9/h3-5H,1-2H3,(H,16,19)(H,14,18,20). The topological polar surface area (TPSA) is 127 Å². The first-order chi connectivity index (χ1) is 10.5. The summed E-state index contributed by atoms with van der Waals surface area (Å²) in [6, 6.07) is 4.16. The molecule has 3 rings (SSSR count). The van der Waals surface area contributed by atoms with Gasteiger partial charge in [-0.3, -0.25) is 14.9 Å². The van der Waals surface area contributed by atoms with Crippen LogP contribution in [0, 0.1) is 13.8 Å². The van der Waals surface area contributed by atoms with Gasteiger partial charge in [0.05, 0.1) is 5.56 Å². The largest absolute Gasteiger partial charge is 0.466 e. The fraction of sp³-hybridized carbons (Fsp3) is 0.154. The number of carbonyl (C=O) groups is 1. The molecule has 1 amide bonds. The zero-order chi connectivity index (χ0) is 15.7. The summed E-state index contributed by atoms with van der Waals surface area (Å²) in [5, 5.41) is 15.8. The highest BCUT2D eigenvalue weighted by molar-refractivity contribution is 6.01. The van der Waals surface area contributed by atoms with Crippen LogP contribution in [0.2, 0.25) is 0 Å². The van der Waals surface area contributed by atoms with E-state index in [2.05, 4.69) is 25.7 Å². The van der Waals surface area contributed by atoms with Crippen molar-refractivity contribution >= 4 is 11.9 Å². The minimum absolute atomic E-state index is 0.0229. The van der Waals surface area contributed by atoms with E-state index in [1.165, 1.54) is 12.1 Å². The van der Waals surface area contributed by atoms with E-state index in [0.29, 0.717) is 17.1 Å². The van der Waals surface area contributed by atoms with E-state index in [1.54, 1.807) is 19.9 Å². The van der Waals surface area contributed by atoms with Crippen molar-refractivity contribution in [3.05, 3.63) is 45.8 Å². The van der Waals surface area contributed by atoms with E-state index in [9.17, 15) is 9.59 Å². The molecular formula is C13H11N5O4. The first-order valence-corrected chi connectivity index (χ1v) is 6.31. The summed E-state index contributed by atoms with van der Waals surface area (Å²) in [5.74, 6) is 1.01. The van der Waals surface area contributed by atoms with Gasteiger partial charge in [-0.15, -0.1) is 5.10 Å². The Bertz CT molecular complexity index is 871. The number of aromatic nitrogens is 4. The zero-order valence-corrected chi connectivity index (χ0v) is 11.7. The van der Waals surface area contributed by atoms with Gasteiger partial charge in [0.2, 0.25) is 0 Å². The van der Waals surface area contributed by atoms with Crippen LogP contribution in [0.25, 0.3) is 11.5 Å². The van der Waals surface area contributed by atoms with E-state index in [1.807, 2.05) is 0 Å². The first kappa shape index (κ1) is 13.7. The molecule has 0 unspecified atom stereocenters. The van der Waals surface area contributed by atoms with Crippen LogP contribution in [0.5, 0.6) is 0 Å². The molecule has 112 valence electrons. The first-order valence-electron chi connectivity index (χ1n) is 6.31. The summed E-state index contributed by atoms with van der Waals surface area (Å²) in [5.41, 5.74) is 0.282. The highest BCUT2D eigenvalue weighted by atomic mass is 16.4. The van der Waals surface area contributed by atoms with Gasteiger partial charge in [0, 0.05) is 6.07 Å². The highest BCUT2D eigenvalue weighted by Gasteiger charge is 2.17. The summed E-state index contributed by atoms with van der Waals surface area (Å²) in [7, 11) is 0. The number of hydrogen-bond donors (Lipinski definition) is 2. The molecule has 3 aromatic rings. The molecule has 0 fully saturated rings. The Morgan fingerprint density at radius 3 is 2.68 bits per heavy atom. The van der Waals surface area contributed by atoms with Crippen LogP contribution in [0.3, 0.4) is 0 Å². The Kier molecular flexibility index (Phi) is 3.30. The second kappa shape index (κ2) is 5.28. The summed E-state index contributed by atoms with van der Waals surface area (Å²) in [6.45, 7) is 3.58. The van der Waals surface area contributed by atoms with Gasteiger partial charge in [-0.1, -0.05) is 5.10 Å². The van der Waals surface area contributed by atoms with Crippen LogP contribution in [0.4, 0.5) is 6.01 Å². The van der Waals surface area contributed by atoms with Crippen molar-refractivity contribution < 1.29 is 13.6 Å². The van der Waals surface area contributed by atoms with Gasteiger partial charge in [-0.05, 0) is 26.0 Å². The lowest BCUT2D eigenvalue weighted by atomic mass is 10.2. The number of nitrogens with one attached hydrogen (secondary N) is 2. The average molecular weight is 301 g/mol. The summed E-state index contributed by atoms with van der Waals surface area (Å²) >= 11 is 0. The summed E-state index contributed by atoms with van der Waals surface area (Å²) in [6.07, 6.45) is 0. The fourth-order valence-electron chi connectivity index (χ4n) is 1.86. The smallest absolute Gasteiger partial charge is 0.322 e. The van der Waals surface area contributed by atoms with Crippen molar-refractivity contribution in [1.29, 1.82) is 0 Å². The lowest BCUT2D eigenvalue weighted by Gasteiger charge is -1.97. The van der Waals surface area contributed by atoms with Gasteiger partial charge in [0.1, 0.15) is 17.2 Å². The minimum atomic E-state index is -0.577. The predicted octanol–water partition coefficient (Wildman–Crippen LogP) is 1.28. The van der Waals surface area contributed by atoms with E-state index < -0.39 is 11.5 Å². The molecule has 9 nitrogen and oxygen atoms in total. The molecule has 0 aliphatic carbocycles. The molecule has 0 spiro atoms. The second-order valence-electron chi connectivity index (χ2n) is 4.50. The highest BCUT2D eigenvalue weighted by Crippen LogP contribution is 2.26. The molecule has 0 aromatic carbocycles. The molecule has 0 aliphatic rings. The van der Waals surface area contributed by atoms with Crippen LogP contribution in [-0.2, 0) is 0 Å². The number of carbonyl (C=O) groups excluding carboxylic acids is 1. The lowest BCUT2D eigenvalue weighted by molar-refractivity contribution is 0.101. The zero-order valence-electron chi connectivity index (χ0n) is 11.7. The van der Waals surface area contributed by atoms with Gasteiger partial charge in [-0.2, -0.15) is 5.10 Å². The van der Waals surface area contributed by atoms with Crippen LogP contribution in [-0.4, -0.2) is 26.3 Å². The Morgan fingerprint density at radius 1 is 1.23 bits per heavy atom. The quantitative estimate of drug-likeness (QED) is 0.745. The van der Waals surface area contributed by atoms with Gasteiger partial charge in [0.15, 0.2) is 0 Å². The number of nitrogens with zero attached hydrogens (tertiary/aromatic N) is 3. The van der Waals surface area contributed by atoms with E-state index in [4.69, 9.17) is 8.83 Å². The SMILES string of the molecule is Cc1cc(-c2nnc(NC(=O)c3ccc(=O)[nH]n3)o2)c(C)o1. The van der Waals surface area contributed by atoms with Crippen molar-refractivity contribution in [2.75, 3.05) is 5.32 Å². The predicted molar refractivity (Wildman–Crippen MR) is 74.3 cm³/mol. The van der Waals surface area contributed by atoms with Crippen molar-refractivity contribution in [3.8, 4) is 11.5 Å². The maximum absolute atomic E-state index is 11.9. The Labute approximate surface area is 123 Å². The van der Waals surface area contributed by atoms with E-state index >= 15 is 0 Å². The maximum Gasteiger partial charge on any atom is 0.322 e. The molecule has 0 aliphatic heterocycles. The lowest BCUT2D eigenvalue weighted by Crippen LogP contribution is -2.17. The fourth-order valence-corrected chi connectivity index (χ4v) is 1.86. The third-order valence-electron chi connectivity index (χ3n) is 2.83. The number of rotatable bonds is 3. The number of hydrogen-bond acceptors (Lipinski definition) is 7. The number of aromatic amines is 1. The molecule has 0 radical (unpaired) electrons. The third kappa shape index (κ3) is 2.64. The van der Waals surface area contributed by atoms with Crippen LogP contribution in [0.15, 0.2) is 31.8 Å².